The van der Waals surface area contributed by atoms with E-state index in [1.807, 2.05) is 24.3 Å². The minimum atomic E-state index is -1.14. The molecule has 126 valence electrons. The van der Waals surface area contributed by atoms with Crippen LogP contribution in [0.15, 0.2) is 29.3 Å². The highest BCUT2D eigenvalue weighted by atomic mass is 16.5. The molecule has 0 saturated carbocycles. The molecule has 1 aromatic rings. The van der Waals surface area contributed by atoms with Crippen LogP contribution in [0.5, 0.6) is 11.5 Å². The Labute approximate surface area is 140 Å². The van der Waals surface area contributed by atoms with Gasteiger partial charge in [0.15, 0.2) is 0 Å². The number of methoxy groups -OCH3 is 2. The summed E-state index contributed by atoms with van der Waals surface area (Å²) in [5, 5.41) is 18.6. The van der Waals surface area contributed by atoms with Crippen LogP contribution in [-0.4, -0.2) is 37.4 Å². The smallest absolute Gasteiger partial charge is 0.346 e. The number of nitriles is 1. The number of piperidine rings is 1. The van der Waals surface area contributed by atoms with Crippen molar-refractivity contribution in [3.63, 3.8) is 0 Å². The first-order chi connectivity index (χ1) is 11.6. The number of benzene rings is 1. The van der Waals surface area contributed by atoms with E-state index in [2.05, 4.69) is 4.90 Å². The second-order valence-corrected chi connectivity index (χ2v) is 6.05. The topological polar surface area (TPSA) is 82.8 Å². The van der Waals surface area contributed by atoms with E-state index in [1.165, 1.54) is 0 Å². The van der Waals surface area contributed by atoms with Crippen molar-refractivity contribution in [3.8, 4) is 17.6 Å². The normalized spacial score (nSPS) is 24.3. The number of fused-ring (bicyclic) bond motifs is 2. The molecule has 24 heavy (non-hydrogen) atoms. The van der Waals surface area contributed by atoms with Gasteiger partial charge in [0.1, 0.15) is 23.1 Å². The van der Waals surface area contributed by atoms with Gasteiger partial charge >= 0.3 is 5.97 Å². The third-order valence-corrected chi connectivity index (χ3v) is 4.96. The summed E-state index contributed by atoms with van der Waals surface area (Å²) in [6, 6.07) is 7.74. The van der Waals surface area contributed by atoms with Crippen molar-refractivity contribution in [2.75, 3.05) is 19.1 Å². The zero-order valence-corrected chi connectivity index (χ0v) is 13.8. The van der Waals surface area contributed by atoms with Crippen LogP contribution in [0.2, 0.25) is 0 Å². The van der Waals surface area contributed by atoms with Crippen molar-refractivity contribution in [1.29, 1.82) is 5.26 Å². The van der Waals surface area contributed by atoms with E-state index in [-0.39, 0.29) is 11.6 Å². The minimum absolute atomic E-state index is 0.0736. The van der Waals surface area contributed by atoms with Crippen LogP contribution >= 0.6 is 0 Å². The molecule has 6 heteroatoms. The minimum Gasteiger partial charge on any atom is -0.497 e. The molecule has 1 N–H and O–H groups in total. The van der Waals surface area contributed by atoms with Crippen molar-refractivity contribution in [2.24, 2.45) is 0 Å². The lowest BCUT2D eigenvalue weighted by Crippen LogP contribution is -2.42. The lowest BCUT2D eigenvalue weighted by molar-refractivity contribution is -0.132. The third kappa shape index (κ3) is 2.56. The highest BCUT2D eigenvalue weighted by Crippen LogP contribution is 2.46. The maximum Gasteiger partial charge on any atom is 0.346 e. The SMILES string of the molecule is COc1ccc(OC)c(N2C3CCC(=C(C#N)C(=O)O)C2CC3)c1. The Morgan fingerprint density at radius 1 is 1.29 bits per heavy atom. The molecule has 2 heterocycles. The van der Waals surface area contributed by atoms with Crippen molar-refractivity contribution >= 4 is 11.7 Å². The van der Waals surface area contributed by atoms with Crippen molar-refractivity contribution in [1.82, 2.24) is 0 Å². The fourth-order valence-corrected chi connectivity index (χ4v) is 3.91. The standard InChI is InChI=1S/C18H20N2O4/c1-23-12-5-8-17(24-2)16(9-12)20-11-3-6-13(15(20)7-4-11)14(10-19)18(21)22/h5,8-9,11,15H,3-4,6-7H2,1-2H3,(H,21,22). The predicted molar refractivity (Wildman–Crippen MR) is 88.3 cm³/mol. The van der Waals surface area contributed by atoms with Crippen LogP contribution in [0.3, 0.4) is 0 Å². The molecule has 0 amide bonds. The summed E-state index contributed by atoms with van der Waals surface area (Å²) in [6.45, 7) is 0. The molecular weight excluding hydrogens is 308 g/mol. The lowest BCUT2D eigenvalue weighted by Gasteiger charge is -2.39. The Balaban J connectivity index is 2.09. The fourth-order valence-electron chi connectivity index (χ4n) is 3.91. The molecule has 2 atom stereocenters. The summed E-state index contributed by atoms with van der Waals surface area (Å²) in [4.78, 5) is 13.6. The number of carboxylic acid groups (broad SMARTS) is 1. The molecule has 0 aliphatic carbocycles. The molecule has 0 aromatic heterocycles. The second-order valence-electron chi connectivity index (χ2n) is 6.05. The van der Waals surface area contributed by atoms with E-state index in [0.717, 1.165) is 42.0 Å². The predicted octanol–water partition coefficient (Wildman–Crippen LogP) is 2.74. The molecule has 2 unspecified atom stereocenters. The Morgan fingerprint density at radius 2 is 2.08 bits per heavy atom. The van der Waals surface area contributed by atoms with Crippen LogP contribution in [0.25, 0.3) is 0 Å². The monoisotopic (exact) mass is 328 g/mol. The molecular formula is C18H20N2O4. The van der Waals surface area contributed by atoms with Gasteiger partial charge < -0.3 is 19.5 Å². The molecule has 6 nitrogen and oxygen atoms in total. The van der Waals surface area contributed by atoms with Gasteiger partial charge in [-0.1, -0.05) is 0 Å². The Kier molecular flexibility index (Phi) is 4.34. The summed E-state index contributed by atoms with van der Waals surface area (Å²) in [7, 11) is 3.23. The van der Waals surface area contributed by atoms with Gasteiger partial charge in [-0.3, -0.25) is 0 Å². The van der Waals surface area contributed by atoms with Crippen LogP contribution in [0.4, 0.5) is 5.69 Å². The van der Waals surface area contributed by atoms with Gasteiger partial charge in [-0.15, -0.1) is 0 Å². The molecule has 3 rings (SSSR count). The van der Waals surface area contributed by atoms with Crippen molar-refractivity contribution < 1.29 is 19.4 Å². The van der Waals surface area contributed by atoms with Crippen molar-refractivity contribution in [2.45, 2.75) is 37.8 Å². The zero-order valence-electron chi connectivity index (χ0n) is 13.8. The number of nitrogens with zero attached hydrogens (tertiary/aromatic N) is 2. The summed E-state index contributed by atoms with van der Waals surface area (Å²) < 4.78 is 10.8. The number of anilines is 1. The Morgan fingerprint density at radius 3 is 2.71 bits per heavy atom. The molecule has 1 aromatic carbocycles. The van der Waals surface area contributed by atoms with Crippen LogP contribution < -0.4 is 14.4 Å². The summed E-state index contributed by atoms with van der Waals surface area (Å²) in [5.74, 6) is 0.304. The number of aliphatic carboxylic acids is 1. The molecule has 2 aliphatic heterocycles. The summed E-state index contributed by atoms with van der Waals surface area (Å²) in [5.41, 5.74) is 1.50. The van der Waals surface area contributed by atoms with Crippen LogP contribution in [-0.2, 0) is 4.79 Å². The fraction of sp³-hybridized carbons (Fsp3) is 0.444. The quantitative estimate of drug-likeness (QED) is 0.676. The Hall–Kier alpha value is -2.68. The highest BCUT2D eigenvalue weighted by molar-refractivity contribution is 5.92. The summed E-state index contributed by atoms with van der Waals surface area (Å²) in [6.07, 6.45) is 3.32. The van der Waals surface area contributed by atoms with E-state index < -0.39 is 5.97 Å². The van der Waals surface area contributed by atoms with Crippen LogP contribution in [0, 0.1) is 11.3 Å². The number of hydrogen-bond acceptors (Lipinski definition) is 5. The van der Waals surface area contributed by atoms with E-state index in [4.69, 9.17) is 9.47 Å². The third-order valence-electron chi connectivity index (χ3n) is 4.96. The van der Waals surface area contributed by atoms with Gasteiger partial charge in [0.05, 0.1) is 25.9 Å². The molecule has 2 saturated heterocycles. The van der Waals surface area contributed by atoms with E-state index in [1.54, 1.807) is 14.2 Å². The molecule has 2 aliphatic rings. The number of ether oxygens (including phenoxy) is 2. The largest absolute Gasteiger partial charge is 0.497 e. The molecule has 2 bridgehead atoms. The number of carboxylic acids is 1. The molecule has 2 fully saturated rings. The van der Waals surface area contributed by atoms with Gasteiger partial charge in [0.2, 0.25) is 0 Å². The van der Waals surface area contributed by atoms with E-state index in [0.29, 0.717) is 12.5 Å². The van der Waals surface area contributed by atoms with Crippen LogP contribution in [0.1, 0.15) is 25.7 Å². The maximum absolute atomic E-state index is 11.4. The van der Waals surface area contributed by atoms with Gasteiger partial charge in [-0.05, 0) is 43.4 Å². The molecule has 0 spiro atoms. The van der Waals surface area contributed by atoms with Gasteiger partial charge in [-0.2, -0.15) is 5.26 Å². The van der Waals surface area contributed by atoms with E-state index >= 15 is 0 Å². The lowest BCUT2D eigenvalue weighted by atomic mass is 9.91. The first-order valence-corrected chi connectivity index (χ1v) is 7.97. The zero-order chi connectivity index (χ0) is 17.3. The molecule has 0 radical (unpaired) electrons. The Bertz CT molecular complexity index is 735. The number of carbonyl (C=O) groups is 1. The summed E-state index contributed by atoms with van der Waals surface area (Å²) >= 11 is 0. The van der Waals surface area contributed by atoms with Gasteiger partial charge in [0.25, 0.3) is 0 Å². The average molecular weight is 328 g/mol. The number of hydrogen-bond donors (Lipinski definition) is 1. The number of rotatable bonds is 4. The second kappa shape index (κ2) is 6.44. The van der Waals surface area contributed by atoms with Crippen molar-refractivity contribution in [3.05, 3.63) is 29.3 Å². The first-order valence-electron chi connectivity index (χ1n) is 7.97. The average Bonchev–Trinajstić information content (AvgIpc) is 2.90. The first kappa shape index (κ1) is 16.2. The van der Waals surface area contributed by atoms with Gasteiger partial charge in [-0.25, -0.2) is 4.79 Å². The highest BCUT2D eigenvalue weighted by Gasteiger charge is 2.42. The maximum atomic E-state index is 11.4. The van der Waals surface area contributed by atoms with Gasteiger partial charge in [0, 0.05) is 12.1 Å². The van der Waals surface area contributed by atoms with E-state index in [9.17, 15) is 15.2 Å².